The van der Waals surface area contributed by atoms with Gasteiger partial charge in [0.15, 0.2) is 6.10 Å². The lowest BCUT2D eigenvalue weighted by atomic mass is 9.94. The Morgan fingerprint density at radius 1 is 1.09 bits per heavy atom. The second-order valence-electron chi connectivity index (χ2n) is 8.99. The number of hydrogen-bond acceptors (Lipinski definition) is 10. The minimum Gasteiger partial charge on any atom is -0.481 e. The molecule has 230 valence electrons. The van der Waals surface area contributed by atoms with E-state index in [1.165, 1.54) is 6.08 Å². The van der Waals surface area contributed by atoms with Crippen LogP contribution in [-0.2, 0) is 28.5 Å². The quantitative estimate of drug-likeness (QED) is 0.224. The lowest BCUT2D eigenvalue weighted by molar-refractivity contribution is -0.146. The number of nitrogens with zero attached hydrogens (tertiary/aromatic N) is 2. The van der Waals surface area contributed by atoms with Crippen molar-refractivity contribution in [3.8, 4) is 0 Å². The molecule has 16 heteroatoms. The Labute approximate surface area is 242 Å². The van der Waals surface area contributed by atoms with Gasteiger partial charge in [-0.3, -0.25) is 19.5 Å². The third-order valence-electron chi connectivity index (χ3n) is 5.89. The smallest absolute Gasteiger partial charge is 0.481 e. The third-order valence-corrected chi connectivity index (χ3v) is 5.89. The average Bonchev–Trinajstić information content (AvgIpc) is 3.19. The van der Waals surface area contributed by atoms with Gasteiger partial charge in [0, 0.05) is 18.3 Å². The highest BCUT2D eigenvalue weighted by Gasteiger charge is 2.63. The molecule has 1 aromatic carbocycles. The first-order valence-electron chi connectivity index (χ1n) is 12.6. The van der Waals surface area contributed by atoms with E-state index >= 15 is 8.78 Å². The van der Waals surface area contributed by atoms with Crippen molar-refractivity contribution >= 4 is 35.6 Å². The predicted molar refractivity (Wildman–Crippen MR) is 144 cm³/mol. The van der Waals surface area contributed by atoms with Crippen molar-refractivity contribution in [2.24, 2.45) is 5.92 Å². The SMILES string of the molecule is C=CCOC(=O)Nc1ccn([C@@H]2O[C@H](CC(CC(=O)Nc3ccccc3)C(=O)O)[C@@H](OC(=O)OCC=C)C2(F)F)c(=O)n1. The second-order valence-corrected chi connectivity index (χ2v) is 8.99. The number of anilines is 2. The third kappa shape index (κ3) is 8.68. The first-order valence-corrected chi connectivity index (χ1v) is 12.6. The van der Waals surface area contributed by atoms with Crippen LogP contribution < -0.4 is 16.3 Å². The lowest BCUT2D eigenvalue weighted by Gasteiger charge is -2.24. The maximum absolute atomic E-state index is 15.7. The molecule has 1 unspecified atom stereocenters. The van der Waals surface area contributed by atoms with Gasteiger partial charge in [-0.1, -0.05) is 43.5 Å². The summed E-state index contributed by atoms with van der Waals surface area (Å²) in [7, 11) is 0. The van der Waals surface area contributed by atoms with Gasteiger partial charge in [-0.2, -0.15) is 13.8 Å². The molecule has 2 amide bonds. The molecule has 0 radical (unpaired) electrons. The highest BCUT2D eigenvalue weighted by atomic mass is 19.3. The molecule has 0 saturated carbocycles. The Morgan fingerprint density at radius 2 is 1.77 bits per heavy atom. The number of carbonyl (C=O) groups is 4. The Hall–Kier alpha value is -5.12. The van der Waals surface area contributed by atoms with Gasteiger partial charge in [0.05, 0.1) is 5.92 Å². The monoisotopic (exact) mass is 606 g/mol. The number of carbonyl (C=O) groups excluding carboxylic acids is 3. The van der Waals surface area contributed by atoms with E-state index in [-0.39, 0.29) is 19.0 Å². The summed E-state index contributed by atoms with van der Waals surface area (Å²) < 4.78 is 51.4. The van der Waals surface area contributed by atoms with Crippen molar-refractivity contribution in [3.05, 3.63) is 78.4 Å². The van der Waals surface area contributed by atoms with Crippen molar-refractivity contribution < 1.29 is 52.0 Å². The van der Waals surface area contributed by atoms with E-state index in [2.05, 4.69) is 33.5 Å². The summed E-state index contributed by atoms with van der Waals surface area (Å²) in [5, 5.41) is 14.4. The molecule has 1 aliphatic heterocycles. The Kier molecular flexibility index (Phi) is 11.1. The molecule has 1 saturated heterocycles. The summed E-state index contributed by atoms with van der Waals surface area (Å²) in [6.07, 6.45) is -7.28. The van der Waals surface area contributed by atoms with E-state index < -0.39 is 72.9 Å². The summed E-state index contributed by atoms with van der Waals surface area (Å²) >= 11 is 0. The van der Waals surface area contributed by atoms with Crippen LogP contribution in [0.4, 0.5) is 29.9 Å². The number of aliphatic carboxylic acids is 1. The number of carboxylic acids is 1. The van der Waals surface area contributed by atoms with Crippen molar-refractivity contribution in [2.45, 2.75) is 37.2 Å². The zero-order chi connectivity index (χ0) is 31.6. The fourth-order valence-electron chi connectivity index (χ4n) is 4.01. The summed E-state index contributed by atoms with van der Waals surface area (Å²) in [5.41, 5.74) is -0.915. The highest BCUT2D eigenvalue weighted by Crippen LogP contribution is 2.46. The first kappa shape index (κ1) is 32.4. The van der Waals surface area contributed by atoms with Crippen LogP contribution in [0.2, 0.25) is 0 Å². The largest absolute Gasteiger partial charge is 0.509 e. The van der Waals surface area contributed by atoms with E-state index in [0.717, 1.165) is 18.3 Å². The fourth-order valence-corrected chi connectivity index (χ4v) is 4.01. The van der Waals surface area contributed by atoms with Gasteiger partial charge in [-0.05, 0) is 24.6 Å². The van der Waals surface area contributed by atoms with Gasteiger partial charge >= 0.3 is 29.8 Å². The minimum absolute atomic E-state index is 0.145. The number of aromatic nitrogens is 2. The predicted octanol–water partition coefficient (Wildman–Crippen LogP) is 3.34. The summed E-state index contributed by atoms with van der Waals surface area (Å²) in [6.45, 7) is 6.18. The molecule has 1 fully saturated rings. The Morgan fingerprint density at radius 3 is 2.40 bits per heavy atom. The highest BCUT2D eigenvalue weighted by molar-refractivity contribution is 5.93. The molecular weight excluding hydrogens is 578 g/mol. The van der Waals surface area contributed by atoms with Crippen molar-refractivity contribution in [2.75, 3.05) is 23.8 Å². The number of para-hydroxylation sites is 1. The summed E-state index contributed by atoms with van der Waals surface area (Å²) in [6, 6.07) is 9.11. The lowest BCUT2D eigenvalue weighted by Crippen LogP contribution is -2.44. The summed E-state index contributed by atoms with van der Waals surface area (Å²) in [5.74, 6) is -8.26. The van der Waals surface area contributed by atoms with Gasteiger partial charge in [-0.25, -0.2) is 14.4 Å². The molecule has 43 heavy (non-hydrogen) atoms. The van der Waals surface area contributed by atoms with Crippen LogP contribution in [0.15, 0.2) is 72.7 Å². The summed E-state index contributed by atoms with van der Waals surface area (Å²) in [4.78, 5) is 64.6. The number of rotatable bonds is 13. The van der Waals surface area contributed by atoms with E-state index in [1.807, 2.05) is 0 Å². The molecule has 14 nitrogen and oxygen atoms in total. The minimum atomic E-state index is -4.13. The first-order chi connectivity index (χ1) is 20.5. The van der Waals surface area contributed by atoms with Crippen LogP contribution in [0.3, 0.4) is 0 Å². The van der Waals surface area contributed by atoms with Gasteiger partial charge in [0.1, 0.15) is 25.1 Å². The fraction of sp³-hybridized carbons (Fsp3) is 0.333. The van der Waals surface area contributed by atoms with Crippen LogP contribution in [-0.4, -0.2) is 70.1 Å². The number of hydrogen-bond donors (Lipinski definition) is 3. The van der Waals surface area contributed by atoms with Gasteiger partial charge in [0.25, 0.3) is 0 Å². The van der Waals surface area contributed by atoms with Crippen LogP contribution in [0.5, 0.6) is 0 Å². The topological polar surface area (TPSA) is 184 Å². The molecule has 1 aliphatic rings. The number of ether oxygens (including phenoxy) is 4. The number of carboxylic acid groups (broad SMARTS) is 1. The van der Waals surface area contributed by atoms with Crippen LogP contribution in [0.1, 0.15) is 19.1 Å². The Bertz CT molecular complexity index is 1400. The van der Waals surface area contributed by atoms with Crippen LogP contribution in [0.25, 0.3) is 0 Å². The zero-order valence-electron chi connectivity index (χ0n) is 22.5. The van der Waals surface area contributed by atoms with E-state index in [1.54, 1.807) is 30.3 Å². The number of benzene rings is 1. The molecule has 1 aromatic heterocycles. The number of halogens is 2. The van der Waals surface area contributed by atoms with E-state index in [9.17, 15) is 29.1 Å². The van der Waals surface area contributed by atoms with Crippen LogP contribution >= 0.6 is 0 Å². The van der Waals surface area contributed by atoms with Crippen LogP contribution in [0, 0.1) is 5.92 Å². The Balaban J connectivity index is 1.86. The molecule has 0 aliphatic carbocycles. The molecule has 2 aromatic rings. The molecule has 0 bridgehead atoms. The number of amides is 2. The second kappa shape index (κ2) is 14.7. The van der Waals surface area contributed by atoms with Gasteiger partial charge in [-0.15, -0.1) is 0 Å². The van der Waals surface area contributed by atoms with Gasteiger partial charge in [0.2, 0.25) is 12.1 Å². The molecule has 4 atom stereocenters. The molecule has 2 heterocycles. The average molecular weight is 607 g/mol. The molecular formula is C27H28F2N4O10. The van der Waals surface area contributed by atoms with Crippen molar-refractivity contribution in [3.63, 3.8) is 0 Å². The van der Waals surface area contributed by atoms with E-state index in [0.29, 0.717) is 10.3 Å². The number of alkyl halides is 2. The van der Waals surface area contributed by atoms with E-state index in [4.69, 9.17) is 14.2 Å². The molecule has 3 N–H and O–H groups in total. The van der Waals surface area contributed by atoms with Crippen molar-refractivity contribution in [1.29, 1.82) is 0 Å². The maximum Gasteiger partial charge on any atom is 0.509 e. The standard InChI is InChI=1S/C27H28F2N4O10/c1-3-12-40-25(38)32-19-10-11-33(24(37)31-19)23-27(28,29)21(43-26(39)41-13-4-2)18(42-23)14-16(22(35)36)15-20(34)30-17-8-6-5-7-9-17/h3-11,16,18,21,23H,1-2,12-15H2,(H,30,34)(H,35,36)(H,31,32,37,38)/t16?,18-,21-,23-/m1/s1. The maximum atomic E-state index is 15.7. The van der Waals surface area contributed by atoms with Crippen molar-refractivity contribution in [1.82, 2.24) is 9.55 Å². The molecule has 3 rings (SSSR count). The van der Waals surface area contributed by atoms with Gasteiger partial charge < -0.3 is 29.4 Å². The normalized spacial score (nSPS) is 19.3. The zero-order valence-corrected chi connectivity index (χ0v) is 22.5. The number of nitrogens with one attached hydrogen (secondary N) is 2. The molecule has 0 spiro atoms.